The van der Waals surface area contributed by atoms with E-state index in [0.29, 0.717) is 12.6 Å². The molecule has 0 unspecified atom stereocenters. The monoisotopic (exact) mass is 214 g/mol. The number of hydrogen-bond acceptors (Lipinski definition) is 2. The zero-order valence-electron chi connectivity index (χ0n) is 10.8. The van der Waals surface area contributed by atoms with Crippen LogP contribution >= 0.6 is 0 Å². The molecule has 0 bridgehead atoms. The first-order valence-electron chi connectivity index (χ1n) is 5.90. The molecule has 0 aliphatic heterocycles. The minimum Gasteiger partial charge on any atom is -0.345 e. The van der Waals surface area contributed by atoms with Crippen LogP contribution < -0.4 is 5.32 Å². The van der Waals surface area contributed by atoms with E-state index in [4.69, 9.17) is 0 Å². The van der Waals surface area contributed by atoms with Crippen molar-refractivity contribution in [2.75, 3.05) is 20.1 Å². The molecule has 0 aliphatic rings. The molecule has 0 aromatic carbocycles. The summed E-state index contributed by atoms with van der Waals surface area (Å²) in [5.41, 5.74) is 0. The molecule has 3 heteroatoms. The summed E-state index contributed by atoms with van der Waals surface area (Å²) >= 11 is 0. The molecule has 90 valence electrons. The smallest absolute Gasteiger partial charge is 0.236 e. The normalized spacial score (nSPS) is 11.1. The highest BCUT2D eigenvalue weighted by Gasteiger charge is 2.08. The summed E-state index contributed by atoms with van der Waals surface area (Å²) in [5, 5.41) is 3.13. The molecule has 0 saturated heterocycles. The Balaban J connectivity index is 3.60. The lowest BCUT2D eigenvalue weighted by Gasteiger charge is -2.18. The van der Waals surface area contributed by atoms with Gasteiger partial charge in [-0.3, -0.25) is 4.79 Å². The Labute approximate surface area is 94.2 Å². The maximum absolute atomic E-state index is 11.6. The van der Waals surface area contributed by atoms with Gasteiger partial charge >= 0.3 is 0 Å². The van der Waals surface area contributed by atoms with Crippen LogP contribution in [0.3, 0.4) is 0 Å². The second-order valence-corrected chi connectivity index (χ2v) is 4.89. The minimum atomic E-state index is 0.187. The Morgan fingerprint density at radius 2 is 1.87 bits per heavy atom. The van der Waals surface area contributed by atoms with Crippen LogP contribution in [0.5, 0.6) is 0 Å². The second-order valence-electron chi connectivity index (χ2n) is 4.89. The fourth-order valence-corrected chi connectivity index (χ4v) is 1.29. The summed E-state index contributed by atoms with van der Waals surface area (Å²) in [7, 11) is 1.88. The van der Waals surface area contributed by atoms with Gasteiger partial charge in [-0.25, -0.2) is 0 Å². The highest BCUT2D eigenvalue weighted by atomic mass is 16.2. The number of nitrogens with zero attached hydrogens (tertiary/aromatic N) is 1. The third-order valence-corrected chi connectivity index (χ3v) is 2.36. The largest absolute Gasteiger partial charge is 0.345 e. The van der Waals surface area contributed by atoms with E-state index in [9.17, 15) is 4.79 Å². The first-order chi connectivity index (χ1) is 6.93. The number of carbonyl (C=O) groups excluding carboxylic acids is 1. The highest BCUT2D eigenvalue weighted by Crippen LogP contribution is 2.03. The fraction of sp³-hybridized carbons (Fsp3) is 0.917. The molecule has 0 aromatic rings. The predicted octanol–water partition coefficient (Wildman–Crippen LogP) is 1.88. The van der Waals surface area contributed by atoms with Gasteiger partial charge in [0, 0.05) is 19.6 Å². The zero-order chi connectivity index (χ0) is 11.8. The van der Waals surface area contributed by atoms with Gasteiger partial charge < -0.3 is 10.2 Å². The van der Waals surface area contributed by atoms with Crippen molar-refractivity contribution >= 4 is 5.91 Å². The molecular formula is C12H26N2O. The van der Waals surface area contributed by atoms with Gasteiger partial charge in [0.1, 0.15) is 0 Å². The van der Waals surface area contributed by atoms with Gasteiger partial charge in [-0.1, -0.05) is 27.7 Å². The topological polar surface area (TPSA) is 32.3 Å². The summed E-state index contributed by atoms with van der Waals surface area (Å²) in [6, 6.07) is 0.373. The van der Waals surface area contributed by atoms with Crippen LogP contribution in [0.25, 0.3) is 0 Å². The Hall–Kier alpha value is -0.570. The van der Waals surface area contributed by atoms with Crippen molar-refractivity contribution in [3.8, 4) is 0 Å². The van der Waals surface area contributed by atoms with Gasteiger partial charge in [0.25, 0.3) is 0 Å². The molecule has 0 aliphatic carbocycles. The van der Waals surface area contributed by atoms with E-state index in [1.807, 2.05) is 25.8 Å². The van der Waals surface area contributed by atoms with Crippen LogP contribution in [0.4, 0.5) is 0 Å². The van der Waals surface area contributed by atoms with E-state index in [2.05, 4.69) is 19.2 Å². The Morgan fingerprint density at radius 1 is 1.27 bits per heavy atom. The van der Waals surface area contributed by atoms with Gasteiger partial charge in [-0.05, 0) is 18.8 Å². The molecule has 0 rings (SSSR count). The Kier molecular flexibility index (Phi) is 7.39. The number of nitrogens with one attached hydrogen (secondary N) is 1. The van der Waals surface area contributed by atoms with Crippen molar-refractivity contribution in [3.63, 3.8) is 0 Å². The number of carbonyl (C=O) groups is 1. The van der Waals surface area contributed by atoms with Crippen molar-refractivity contribution in [3.05, 3.63) is 0 Å². The van der Waals surface area contributed by atoms with Crippen LogP contribution in [0.15, 0.2) is 0 Å². The highest BCUT2D eigenvalue weighted by molar-refractivity contribution is 5.77. The molecule has 1 N–H and O–H groups in total. The maximum Gasteiger partial charge on any atom is 0.236 e. The van der Waals surface area contributed by atoms with Crippen molar-refractivity contribution in [1.82, 2.24) is 10.2 Å². The number of hydrogen-bond donors (Lipinski definition) is 1. The van der Waals surface area contributed by atoms with E-state index in [1.165, 1.54) is 6.42 Å². The first-order valence-corrected chi connectivity index (χ1v) is 5.90. The van der Waals surface area contributed by atoms with Crippen LogP contribution in [0.1, 0.15) is 40.5 Å². The predicted molar refractivity (Wildman–Crippen MR) is 64.8 cm³/mol. The average Bonchev–Trinajstić information content (AvgIpc) is 2.13. The lowest BCUT2D eigenvalue weighted by atomic mass is 10.1. The van der Waals surface area contributed by atoms with Crippen molar-refractivity contribution in [2.24, 2.45) is 5.92 Å². The molecule has 0 heterocycles. The van der Waals surface area contributed by atoms with E-state index in [0.717, 1.165) is 18.9 Å². The third-order valence-electron chi connectivity index (χ3n) is 2.36. The molecule has 0 saturated carbocycles. The van der Waals surface area contributed by atoms with Gasteiger partial charge in [0.15, 0.2) is 0 Å². The summed E-state index contributed by atoms with van der Waals surface area (Å²) in [4.78, 5) is 13.4. The van der Waals surface area contributed by atoms with Crippen LogP contribution in [0.2, 0.25) is 0 Å². The third kappa shape index (κ3) is 8.43. The van der Waals surface area contributed by atoms with Crippen LogP contribution in [0, 0.1) is 5.92 Å². The molecular weight excluding hydrogens is 188 g/mol. The van der Waals surface area contributed by atoms with Gasteiger partial charge in [0.05, 0.1) is 6.54 Å². The molecule has 3 nitrogen and oxygen atoms in total. The molecule has 0 atom stereocenters. The average molecular weight is 214 g/mol. The lowest BCUT2D eigenvalue weighted by molar-refractivity contribution is -0.129. The minimum absolute atomic E-state index is 0.187. The molecule has 15 heavy (non-hydrogen) atoms. The van der Waals surface area contributed by atoms with E-state index >= 15 is 0 Å². The SMILES string of the molecule is CC(C)CCCN(C)C(=O)CNC(C)C. The summed E-state index contributed by atoms with van der Waals surface area (Å²) < 4.78 is 0. The molecule has 0 fully saturated rings. The molecule has 0 aromatic heterocycles. The van der Waals surface area contributed by atoms with Gasteiger partial charge in [0.2, 0.25) is 5.91 Å². The second kappa shape index (κ2) is 7.69. The number of amides is 1. The van der Waals surface area contributed by atoms with E-state index in [1.54, 1.807) is 0 Å². The van der Waals surface area contributed by atoms with E-state index < -0.39 is 0 Å². The maximum atomic E-state index is 11.6. The summed E-state index contributed by atoms with van der Waals surface area (Å²) in [6.45, 7) is 9.84. The Bertz CT molecular complexity index is 178. The Morgan fingerprint density at radius 3 is 2.33 bits per heavy atom. The van der Waals surface area contributed by atoms with Crippen molar-refractivity contribution in [2.45, 2.75) is 46.6 Å². The van der Waals surface area contributed by atoms with E-state index in [-0.39, 0.29) is 5.91 Å². The molecule has 1 amide bonds. The lowest BCUT2D eigenvalue weighted by Crippen LogP contribution is -2.38. The fourth-order valence-electron chi connectivity index (χ4n) is 1.29. The first kappa shape index (κ1) is 14.4. The number of rotatable bonds is 7. The summed E-state index contributed by atoms with van der Waals surface area (Å²) in [6.07, 6.45) is 2.29. The standard InChI is InChI=1S/C12H26N2O/c1-10(2)7-6-8-14(5)12(15)9-13-11(3)4/h10-11,13H,6-9H2,1-5H3. The molecule has 0 spiro atoms. The quantitative estimate of drug-likeness (QED) is 0.702. The van der Waals surface area contributed by atoms with Gasteiger partial charge in [-0.2, -0.15) is 0 Å². The van der Waals surface area contributed by atoms with Crippen LogP contribution in [-0.4, -0.2) is 37.0 Å². The number of likely N-dealkylation sites (N-methyl/N-ethyl adjacent to an activating group) is 1. The van der Waals surface area contributed by atoms with Crippen molar-refractivity contribution < 1.29 is 4.79 Å². The zero-order valence-corrected chi connectivity index (χ0v) is 10.8. The molecule has 0 radical (unpaired) electrons. The summed E-state index contributed by atoms with van der Waals surface area (Å²) in [5.74, 6) is 0.912. The van der Waals surface area contributed by atoms with Crippen molar-refractivity contribution in [1.29, 1.82) is 0 Å². The van der Waals surface area contributed by atoms with Gasteiger partial charge in [-0.15, -0.1) is 0 Å². The van der Waals surface area contributed by atoms with Crippen LogP contribution in [-0.2, 0) is 4.79 Å².